The first-order valence-corrected chi connectivity index (χ1v) is 15.6. The number of hydrogen-bond donors (Lipinski definition) is 2. The highest BCUT2D eigenvalue weighted by Gasteiger charge is 2.29. The molecule has 1 unspecified atom stereocenters. The van der Waals surface area contributed by atoms with Crippen LogP contribution in [0.25, 0.3) is 11.3 Å². The molecule has 1 aromatic heterocycles. The van der Waals surface area contributed by atoms with E-state index in [1.807, 2.05) is 45.0 Å². The van der Waals surface area contributed by atoms with Gasteiger partial charge in [0.1, 0.15) is 11.6 Å². The number of carbonyl (C=O) groups is 3. The van der Waals surface area contributed by atoms with E-state index in [0.29, 0.717) is 23.4 Å². The third-order valence-corrected chi connectivity index (χ3v) is 7.53. The zero-order chi connectivity index (χ0) is 33.0. The molecule has 3 aromatic rings. The number of ether oxygens (including phenoxy) is 1. The minimum Gasteiger partial charge on any atom is -0.444 e. The van der Waals surface area contributed by atoms with Crippen molar-refractivity contribution in [1.29, 1.82) is 0 Å². The van der Waals surface area contributed by atoms with E-state index in [2.05, 4.69) is 15.8 Å². The molecule has 44 heavy (non-hydrogen) atoms. The maximum Gasteiger partial charge on any atom is 0.408 e. The number of aromatic nitrogens is 1. The van der Waals surface area contributed by atoms with Gasteiger partial charge in [-0.2, -0.15) is 0 Å². The maximum atomic E-state index is 12.9. The van der Waals surface area contributed by atoms with Gasteiger partial charge in [0.2, 0.25) is 5.91 Å². The largest absolute Gasteiger partial charge is 0.444 e. The molecular weight excluding hydrogens is 650 g/mol. The van der Waals surface area contributed by atoms with Crippen LogP contribution in [0.2, 0.25) is 10.0 Å². The predicted octanol–water partition coefficient (Wildman–Crippen LogP) is 7.84. The molecule has 0 radical (unpaired) electrons. The molecule has 0 aliphatic rings. The summed E-state index contributed by atoms with van der Waals surface area (Å²) in [6, 6.07) is 13.4. The first-order chi connectivity index (χ1) is 20.6. The molecule has 13 heteroatoms. The minimum atomic E-state index is -1.29. The van der Waals surface area contributed by atoms with E-state index in [1.165, 1.54) is 11.1 Å². The van der Waals surface area contributed by atoms with Gasteiger partial charge in [0, 0.05) is 40.5 Å². The summed E-state index contributed by atoms with van der Waals surface area (Å²) < 4.78 is 10.5. The molecule has 0 bridgehead atoms. The highest BCUT2D eigenvalue weighted by molar-refractivity contribution is 6.54. The van der Waals surface area contributed by atoms with Crippen molar-refractivity contribution in [2.45, 2.75) is 64.4 Å². The molecule has 240 valence electrons. The molecule has 0 fully saturated rings. The van der Waals surface area contributed by atoms with E-state index in [-0.39, 0.29) is 24.9 Å². The number of halogens is 4. The topological polar surface area (TPSA) is 114 Å². The van der Waals surface area contributed by atoms with Crippen LogP contribution < -0.4 is 15.5 Å². The predicted molar refractivity (Wildman–Crippen MR) is 177 cm³/mol. The van der Waals surface area contributed by atoms with Crippen LogP contribution in [0.15, 0.2) is 59.3 Å². The number of benzene rings is 2. The number of amides is 3. The molecule has 2 atom stereocenters. The molecule has 3 amide bonds. The lowest BCUT2D eigenvalue weighted by Crippen LogP contribution is -2.52. The van der Waals surface area contributed by atoms with Crippen molar-refractivity contribution in [3.63, 3.8) is 0 Å². The smallest absolute Gasteiger partial charge is 0.408 e. The van der Waals surface area contributed by atoms with Crippen molar-refractivity contribution in [1.82, 2.24) is 15.8 Å². The Bertz CT molecular complexity index is 1360. The van der Waals surface area contributed by atoms with Gasteiger partial charge in [0.05, 0.1) is 6.20 Å². The zero-order valence-corrected chi connectivity index (χ0v) is 28.5. The lowest BCUT2D eigenvalue weighted by molar-refractivity contribution is -0.124. The quantitative estimate of drug-likeness (QED) is 0.210. The number of rotatable bonds is 10. The summed E-state index contributed by atoms with van der Waals surface area (Å²) in [4.78, 5) is 38.0. The van der Waals surface area contributed by atoms with Gasteiger partial charge in [-0.25, -0.2) is 4.79 Å². The standard InChI is InChI=1S/C24H32Cl2N4O5.C7H6Cl2/c1-6-15(2)19(29-23(33)34-24(3,4)5)21(31)27-12-13-30(22(32)20(25)26)17-9-7-8-16(14-17)18-10-11-28-35-18;1-5-6(8)3-2-4-7(5)9/h7-11,14-15,19-20H,6,12-13H2,1-5H3,(H,27,31)(H,29,33);2-4H,1H3/t15?,19-;/m0./s1. The van der Waals surface area contributed by atoms with Crippen LogP contribution in [0.1, 0.15) is 46.6 Å². The number of nitrogens with one attached hydrogen (secondary N) is 2. The number of alkyl carbamates (subject to hydrolysis) is 1. The van der Waals surface area contributed by atoms with E-state index in [4.69, 9.17) is 55.7 Å². The first kappa shape index (κ1) is 37.2. The average Bonchev–Trinajstić information content (AvgIpc) is 3.51. The summed E-state index contributed by atoms with van der Waals surface area (Å²) in [5.41, 5.74) is 1.48. The second-order valence-corrected chi connectivity index (χ2v) is 12.8. The second kappa shape index (κ2) is 17.5. The fraction of sp³-hybridized carbons (Fsp3) is 0.419. The zero-order valence-electron chi connectivity index (χ0n) is 25.5. The van der Waals surface area contributed by atoms with Gasteiger partial charge in [-0.05, 0) is 63.4 Å². The molecule has 9 nitrogen and oxygen atoms in total. The van der Waals surface area contributed by atoms with Crippen molar-refractivity contribution < 1.29 is 23.6 Å². The first-order valence-electron chi connectivity index (χ1n) is 13.9. The Balaban J connectivity index is 0.000000639. The summed E-state index contributed by atoms with van der Waals surface area (Å²) >= 11 is 23.2. The van der Waals surface area contributed by atoms with Crippen LogP contribution in [-0.2, 0) is 14.3 Å². The van der Waals surface area contributed by atoms with Crippen molar-refractivity contribution in [3.8, 4) is 11.3 Å². The van der Waals surface area contributed by atoms with Gasteiger partial charge < -0.3 is 24.8 Å². The molecular formula is C31H38Cl4N4O5. The third kappa shape index (κ3) is 11.8. The van der Waals surface area contributed by atoms with E-state index >= 15 is 0 Å². The van der Waals surface area contributed by atoms with Gasteiger partial charge in [-0.1, -0.05) is 90.0 Å². The SMILES string of the molecule is CCC(C)[C@H](NC(=O)OC(C)(C)C)C(=O)NCCN(C(=O)C(Cl)Cl)c1cccc(-c2ccno2)c1.Cc1c(Cl)cccc1Cl. The van der Waals surface area contributed by atoms with Crippen LogP contribution in [0.3, 0.4) is 0 Å². The van der Waals surface area contributed by atoms with Gasteiger partial charge in [-0.3, -0.25) is 9.59 Å². The minimum absolute atomic E-state index is 0.0973. The molecule has 0 aliphatic carbocycles. The Morgan fingerprint density at radius 3 is 2.20 bits per heavy atom. The fourth-order valence-electron chi connectivity index (χ4n) is 3.79. The van der Waals surface area contributed by atoms with Gasteiger partial charge >= 0.3 is 6.09 Å². The monoisotopic (exact) mass is 686 g/mol. The summed E-state index contributed by atoms with van der Waals surface area (Å²) in [5, 5.41) is 10.6. The summed E-state index contributed by atoms with van der Waals surface area (Å²) in [6.07, 6.45) is 1.51. The van der Waals surface area contributed by atoms with Crippen molar-refractivity contribution >= 4 is 70.0 Å². The fourth-order valence-corrected chi connectivity index (χ4v) is 4.43. The summed E-state index contributed by atoms with van der Waals surface area (Å²) in [6.45, 7) is 11.1. The van der Waals surface area contributed by atoms with Crippen molar-refractivity contribution in [3.05, 3.63) is 70.3 Å². The average molecular weight is 688 g/mol. The Kier molecular flexibility index (Phi) is 14.8. The Morgan fingerprint density at radius 1 is 1.05 bits per heavy atom. The third-order valence-electron chi connectivity index (χ3n) is 6.34. The molecule has 0 aliphatic heterocycles. The number of carbonyl (C=O) groups excluding carboxylic acids is 3. The lowest BCUT2D eigenvalue weighted by Gasteiger charge is -2.27. The molecule has 2 N–H and O–H groups in total. The summed E-state index contributed by atoms with van der Waals surface area (Å²) in [5.74, 6) is -0.539. The van der Waals surface area contributed by atoms with Gasteiger partial charge in [0.15, 0.2) is 10.6 Å². The van der Waals surface area contributed by atoms with Crippen LogP contribution in [0.4, 0.5) is 10.5 Å². The van der Waals surface area contributed by atoms with Crippen LogP contribution in [0.5, 0.6) is 0 Å². The maximum absolute atomic E-state index is 12.9. The van der Waals surface area contributed by atoms with Crippen LogP contribution in [-0.4, -0.2) is 52.6 Å². The summed E-state index contributed by atoms with van der Waals surface area (Å²) in [7, 11) is 0. The highest BCUT2D eigenvalue weighted by Crippen LogP contribution is 2.26. The Hall–Kier alpha value is -2.98. The number of anilines is 1. The van der Waals surface area contributed by atoms with Gasteiger partial charge in [-0.15, -0.1) is 0 Å². The number of hydrogen-bond acceptors (Lipinski definition) is 6. The number of nitrogens with zero attached hydrogens (tertiary/aromatic N) is 2. The van der Waals surface area contributed by atoms with E-state index < -0.39 is 28.5 Å². The molecule has 3 rings (SSSR count). The van der Waals surface area contributed by atoms with Crippen LogP contribution in [0, 0.1) is 12.8 Å². The lowest BCUT2D eigenvalue weighted by atomic mass is 9.98. The number of alkyl halides is 2. The second-order valence-electron chi connectivity index (χ2n) is 10.9. The van der Waals surface area contributed by atoms with E-state index in [0.717, 1.165) is 15.6 Å². The Morgan fingerprint density at radius 2 is 1.68 bits per heavy atom. The van der Waals surface area contributed by atoms with Crippen LogP contribution >= 0.6 is 46.4 Å². The normalized spacial score (nSPS) is 12.4. The molecule has 0 saturated carbocycles. The Labute approximate surface area is 278 Å². The van der Waals surface area contributed by atoms with Gasteiger partial charge in [0.25, 0.3) is 5.91 Å². The molecule has 2 aromatic carbocycles. The molecule has 0 spiro atoms. The molecule has 1 heterocycles. The molecule has 0 saturated heterocycles. The van der Waals surface area contributed by atoms with E-state index in [1.54, 1.807) is 45.0 Å². The highest BCUT2D eigenvalue weighted by atomic mass is 35.5. The van der Waals surface area contributed by atoms with Crippen molar-refractivity contribution in [2.75, 3.05) is 18.0 Å². The van der Waals surface area contributed by atoms with Crippen molar-refractivity contribution in [2.24, 2.45) is 5.92 Å². The van der Waals surface area contributed by atoms with E-state index in [9.17, 15) is 14.4 Å².